The third kappa shape index (κ3) is 10.5. The van der Waals surface area contributed by atoms with Crippen LogP contribution >= 0.6 is 0 Å². The van der Waals surface area contributed by atoms with E-state index in [0.29, 0.717) is 11.2 Å². The summed E-state index contributed by atoms with van der Waals surface area (Å²) in [7, 11) is 1.55. The highest BCUT2D eigenvalue weighted by atomic mass is 32.2. The van der Waals surface area contributed by atoms with Crippen LogP contribution in [-0.4, -0.2) is 52.1 Å². The molecule has 0 aliphatic rings. The van der Waals surface area contributed by atoms with Crippen molar-refractivity contribution < 1.29 is 13.2 Å². The summed E-state index contributed by atoms with van der Waals surface area (Å²) in [6, 6.07) is 0. The number of quaternary nitrogens is 1. The van der Waals surface area contributed by atoms with Gasteiger partial charge in [-0.1, -0.05) is 20.8 Å². The van der Waals surface area contributed by atoms with Crippen molar-refractivity contribution in [3.8, 4) is 0 Å². The summed E-state index contributed by atoms with van der Waals surface area (Å²) < 4.78 is 21.0. The van der Waals surface area contributed by atoms with Gasteiger partial charge in [-0.15, -0.1) is 0 Å². The topological polar surface area (TPSA) is 37.3 Å². The molecule has 98 valence electrons. The first kappa shape index (κ1) is 15.9. The van der Waals surface area contributed by atoms with Crippen LogP contribution in [0.1, 0.15) is 33.6 Å². The second-order valence-corrected chi connectivity index (χ2v) is 8.48. The molecule has 0 rings (SSSR count). The maximum Gasteiger partial charge on any atom is 0.0792 e. The Balaban J connectivity index is 3.97. The van der Waals surface area contributed by atoms with Gasteiger partial charge in [-0.3, -0.25) is 0 Å². The molecule has 4 heteroatoms. The molecular formula is C12H28NO2S+. The van der Waals surface area contributed by atoms with E-state index >= 15 is 0 Å². The fraction of sp³-hybridized carbons (Fsp3) is 0.917. The van der Waals surface area contributed by atoms with Gasteiger partial charge in [-0.25, -0.2) is 4.21 Å². The Bertz CT molecular complexity index is 299. The van der Waals surface area contributed by atoms with Gasteiger partial charge in [0.2, 0.25) is 0 Å². The zero-order valence-electron chi connectivity index (χ0n) is 11.5. The van der Waals surface area contributed by atoms with Gasteiger partial charge in [0.1, 0.15) is 0 Å². The van der Waals surface area contributed by atoms with E-state index in [-0.39, 0.29) is 0 Å². The maximum absolute atomic E-state index is 11.0. The molecule has 1 unspecified atom stereocenters. The zero-order valence-corrected chi connectivity index (χ0v) is 12.3. The van der Waals surface area contributed by atoms with Gasteiger partial charge in [0.05, 0.1) is 37.0 Å². The van der Waals surface area contributed by atoms with Gasteiger partial charge in [0, 0.05) is 18.6 Å². The van der Waals surface area contributed by atoms with Gasteiger partial charge in [0.15, 0.2) is 0 Å². The minimum Gasteiger partial charge on any atom is -0.328 e. The van der Waals surface area contributed by atoms with E-state index in [9.17, 15) is 4.21 Å². The van der Waals surface area contributed by atoms with E-state index in [1.165, 1.54) is 6.42 Å². The van der Waals surface area contributed by atoms with Crippen LogP contribution in [0.5, 0.6) is 0 Å². The Kier molecular flexibility index (Phi) is 5.50. The summed E-state index contributed by atoms with van der Waals surface area (Å²) in [5, 5.41) is 0. The Hall–Kier alpha value is -0.0600. The first-order valence-electron chi connectivity index (χ1n) is 5.81. The van der Waals surface area contributed by atoms with Crippen molar-refractivity contribution in [3.05, 3.63) is 0 Å². The first-order chi connectivity index (χ1) is 6.91. The molecule has 0 radical (unpaired) electrons. The van der Waals surface area contributed by atoms with Crippen molar-refractivity contribution in [1.82, 2.24) is 0 Å². The quantitative estimate of drug-likeness (QED) is 0.579. The minimum atomic E-state index is -2.80. The van der Waals surface area contributed by atoms with Gasteiger partial charge in [0.25, 0.3) is 0 Å². The normalized spacial score (nSPS) is 17.1. The zero-order chi connectivity index (χ0) is 13.0. The van der Waals surface area contributed by atoms with Crippen LogP contribution in [-0.2, 0) is 9.80 Å². The molecule has 0 aromatic heterocycles. The Morgan fingerprint density at radius 3 is 2.12 bits per heavy atom. The van der Waals surface area contributed by atoms with E-state index in [4.69, 9.17) is 4.55 Å². The Morgan fingerprint density at radius 2 is 1.75 bits per heavy atom. The Morgan fingerprint density at radius 1 is 1.25 bits per heavy atom. The standard InChI is InChI=1S/C12H27NO2S/c1-12(2,3)8-10-13(4,5)9-7-11-16(6,14)15/h6-11H2,1-5H3/p+1. The van der Waals surface area contributed by atoms with Crippen molar-refractivity contribution >= 4 is 15.7 Å². The van der Waals surface area contributed by atoms with Crippen LogP contribution in [0, 0.1) is 5.41 Å². The third-order valence-corrected chi connectivity index (χ3v) is 3.62. The lowest BCUT2D eigenvalue weighted by molar-refractivity contribution is -0.891. The molecule has 3 nitrogen and oxygen atoms in total. The molecule has 0 heterocycles. The van der Waals surface area contributed by atoms with Gasteiger partial charge < -0.3 is 9.04 Å². The van der Waals surface area contributed by atoms with Gasteiger partial charge in [-0.2, -0.15) is 0 Å². The molecule has 0 aromatic rings. The predicted molar refractivity (Wildman–Crippen MR) is 73.3 cm³/mol. The number of hydrogen-bond donors (Lipinski definition) is 1. The van der Waals surface area contributed by atoms with Crippen molar-refractivity contribution in [2.75, 3.05) is 32.9 Å². The number of hydrogen-bond acceptors (Lipinski definition) is 1. The SMILES string of the molecule is C=S(=O)(O)CCC[N+](C)(C)CCC(C)(C)C. The van der Waals surface area contributed by atoms with E-state index in [0.717, 1.165) is 24.0 Å². The summed E-state index contributed by atoms with van der Waals surface area (Å²) in [5.74, 6) is 3.56. The van der Waals surface area contributed by atoms with Crippen LogP contribution in [0.3, 0.4) is 0 Å². The molecule has 16 heavy (non-hydrogen) atoms. The molecule has 0 saturated heterocycles. The second-order valence-electron chi connectivity index (χ2n) is 6.52. The fourth-order valence-corrected chi connectivity index (χ4v) is 2.05. The highest BCUT2D eigenvalue weighted by molar-refractivity contribution is 7.95. The van der Waals surface area contributed by atoms with E-state index in [1.54, 1.807) is 0 Å². The lowest BCUT2D eigenvalue weighted by Crippen LogP contribution is -2.43. The van der Waals surface area contributed by atoms with Crippen LogP contribution < -0.4 is 0 Å². The fourth-order valence-electron chi connectivity index (χ4n) is 1.47. The lowest BCUT2D eigenvalue weighted by Gasteiger charge is -2.32. The van der Waals surface area contributed by atoms with Crippen LogP contribution in [0.15, 0.2) is 0 Å². The monoisotopic (exact) mass is 250 g/mol. The van der Waals surface area contributed by atoms with Crippen molar-refractivity contribution in [3.63, 3.8) is 0 Å². The van der Waals surface area contributed by atoms with Crippen molar-refractivity contribution in [2.45, 2.75) is 33.6 Å². The number of nitrogens with zero attached hydrogens (tertiary/aromatic N) is 1. The molecule has 0 bridgehead atoms. The second kappa shape index (κ2) is 5.52. The van der Waals surface area contributed by atoms with Crippen LogP contribution in [0.25, 0.3) is 0 Å². The smallest absolute Gasteiger partial charge is 0.0792 e. The first-order valence-corrected chi connectivity index (χ1v) is 7.66. The van der Waals surface area contributed by atoms with Gasteiger partial charge in [-0.05, 0) is 11.3 Å². The van der Waals surface area contributed by atoms with Gasteiger partial charge >= 0.3 is 0 Å². The van der Waals surface area contributed by atoms with Crippen LogP contribution in [0.4, 0.5) is 0 Å². The highest BCUT2D eigenvalue weighted by Gasteiger charge is 2.20. The Labute approximate surface area is 101 Å². The van der Waals surface area contributed by atoms with E-state index in [2.05, 4.69) is 40.7 Å². The molecule has 0 fully saturated rings. The summed E-state index contributed by atoms with van der Waals surface area (Å²) >= 11 is 0. The molecule has 1 atom stereocenters. The molecule has 0 spiro atoms. The van der Waals surface area contributed by atoms with Crippen molar-refractivity contribution in [2.24, 2.45) is 5.41 Å². The number of rotatable bonds is 6. The summed E-state index contributed by atoms with van der Waals surface area (Å²) in [6.07, 6.45) is 1.93. The summed E-state index contributed by atoms with van der Waals surface area (Å²) in [6.45, 7) is 8.76. The van der Waals surface area contributed by atoms with Crippen LogP contribution in [0.2, 0.25) is 0 Å². The maximum atomic E-state index is 11.0. The minimum absolute atomic E-state index is 0.310. The molecule has 0 aromatic carbocycles. The largest absolute Gasteiger partial charge is 0.328 e. The van der Waals surface area contributed by atoms with E-state index < -0.39 is 9.80 Å². The van der Waals surface area contributed by atoms with E-state index in [1.807, 2.05) is 0 Å². The molecule has 0 aliphatic heterocycles. The average Bonchev–Trinajstić information content (AvgIpc) is 1.97. The lowest BCUT2D eigenvalue weighted by atomic mass is 9.92. The summed E-state index contributed by atoms with van der Waals surface area (Å²) in [4.78, 5) is 0. The highest BCUT2D eigenvalue weighted by Crippen LogP contribution is 2.20. The molecule has 0 saturated carbocycles. The van der Waals surface area contributed by atoms with Crippen molar-refractivity contribution in [1.29, 1.82) is 0 Å². The molecule has 1 N–H and O–H groups in total. The molecule has 0 aliphatic carbocycles. The average molecular weight is 250 g/mol. The molecular weight excluding hydrogens is 222 g/mol. The third-order valence-electron chi connectivity index (χ3n) is 2.69. The predicted octanol–water partition coefficient (Wildman–Crippen LogP) is 2.08. The summed E-state index contributed by atoms with van der Waals surface area (Å²) in [5.41, 5.74) is 0.354. The molecule has 0 amide bonds.